The number of carbonyl (C=O) groups is 2. The highest BCUT2D eigenvalue weighted by Crippen LogP contribution is 2.28. The van der Waals surface area contributed by atoms with E-state index in [9.17, 15) is 19.7 Å². The predicted molar refractivity (Wildman–Crippen MR) is 88.8 cm³/mol. The Morgan fingerprint density at radius 3 is 2.64 bits per heavy atom. The van der Waals surface area contributed by atoms with E-state index in [0.717, 1.165) is 0 Å². The van der Waals surface area contributed by atoms with Crippen LogP contribution in [0, 0.1) is 10.1 Å². The van der Waals surface area contributed by atoms with Gasteiger partial charge in [0.2, 0.25) is 0 Å². The number of nitrogens with zero attached hydrogens (tertiary/aromatic N) is 2. The first-order valence-corrected chi connectivity index (χ1v) is 7.94. The van der Waals surface area contributed by atoms with E-state index in [1.54, 1.807) is 0 Å². The van der Waals surface area contributed by atoms with Crippen LogP contribution in [-0.4, -0.2) is 59.1 Å². The number of hydrogen-bond donors (Lipinski definition) is 2. The van der Waals surface area contributed by atoms with Gasteiger partial charge in [0.05, 0.1) is 24.1 Å². The number of carboxylic acid groups (broad SMARTS) is 1. The number of carbonyl (C=O) groups excluding carboxylic acids is 1. The lowest BCUT2D eigenvalue weighted by Crippen LogP contribution is -2.54. The van der Waals surface area contributed by atoms with Gasteiger partial charge < -0.3 is 15.2 Å². The number of nitro benzene ring substituents is 1. The summed E-state index contributed by atoms with van der Waals surface area (Å²) in [5.74, 6) is -1.05. The van der Waals surface area contributed by atoms with Crippen molar-refractivity contribution in [1.29, 1.82) is 0 Å². The zero-order chi connectivity index (χ0) is 18.6. The maximum absolute atomic E-state index is 12.4. The molecule has 25 heavy (non-hydrogen) atoms. The largest absolute Gasteiger partial charge is 0.496 e. The first kappa shape index (κ1) is 18.7. The Morgan fingerprint density at radius 1 is 1.44 bits per heavy atom. The fraction of sp³-hybridized carbons (Fsp3) is 0.500. The van der Waals surface area contributed by atoms with Crippen molar-refractivity contribution in [3.8, 4) is 5.75 Å². The van der Waals surface area contributed by atoms with Crippen molar-refractivity contribution < 1.29 is 24.4 Å². The second-order valence-corrected chi connectivity index (χ2v) is 5.89. The molecule has 1 saturated carbocycles. The van der Waals surface area contributed by atoms with Gasteiger partial charge in [-0.1, -0.05) is 6.92 Å². The third-order valence-electron chi connectivity index (χ3n) is 4.35. The molecule has 1 amide bonds. The van der Waals surface area contributed by atoms with E-state index in [-0.39, 0.29) is 35.6 Å². The van der Waals surface area contributed by atoms with Gasteiger partial charge in [-0.15, -0.1) is 0 Å². The highest BCUT2D eigenvalue weighted by molar-refractivity contribution is 5.97. The minimum atomic E-state index is -0.879. The van der Waals surface area contributed by atoms with E-state index in [2.05, 4.69) is 5.32 Å². The summed E-state index contributed by atoms with van der Waals surface area (Å²) in [6.07, 6.45) is 1.29. The predicted octanol–water partition coefficient (Wildman–Crippen LogP) is 1.27. The number of methoxy groups -OCH3 is 1. The van der Waals surface area contributed by atoms with Gasteiger partial charge >= 0.3 is 5.97 Å². The molecule has 0 spiro atoms. The van der Waals surface area contributed by atoms with Crippen LogP contribution in [0.4, 0.5) is 5.69 Å². The van der Waals surface area contributed by atoms with Crippen molar-refractivity contribution in [1.82, 2.24) is 10.2 Å². The fourth-order valence-corrected chi connectivity index (χ4v) is 2.93. The molecule has 1 aliphatic rings. The van der Waals surface area contributed by atoms with Gasteiger partial charge in [0.1, 0.15) is 5.75 Å². The third-order valence-corrected chi connectivity index (χ3v) is 4.35. The van der Waals surface area contributed by atoms with Crippen LogP contribution in [0.15, 0.2) is 18.2 Å². The molecular weight excluding hydrogens is 330 g/mol. The van der Waals surface area contributed by atoms with Crippen molar-refractivity contribution in [3.63, 3.8) is 0 Å². The minimum absolute atomic E-state index is 0.0272. The average molecular weight is 351 g/mol. The molecule has 0 aliphatic heterocycles. The summed E-state index contributed by atoms with van der Waals surface area (Å²) in [5, 5.41) is 22.6. The number of nitrogens with one attached hydrogen (secondary N) is 1. The Kier molecular flexibility index (Phi) is 5.92. The normalized spacial score (nSPS) is 19.2. The van der Waals surface area contributed by atoms with Crippen LogP contribution in [0.3, 0.4) is 0 Å². The van der Waals surface area contributed by atoms with E-state index < -0.39 is 16.8 Å². The quantitative estimate of drug-likeness (QED) is 0.534. The Bertz CT molecular complexity index is 672. The summed E-state index contributed by atoms with van der Waals surface area (Å²) in [7, 11) is 1.39. The van der Waals surface area contributed by atoms with E-state index in [1.165, 1.54) is 25.3 Å². The molecule has 9 nitrogen and oxygen atoms in total. The van der Waals surface area contributed by atoms with Crippen LogP contribution in [0.2, 0.25) is 0 Å². The third kappa shape index (κ3) is 4.44. The molecule has 0 bridgehead atoms. The minimum Gasteiger partial charge on any atom is -0.496 e. The molecule has 0 saturated heterocycles. The number of nitro groups is 1. The van der Waals surface area contributed by atoms with Gasteiger partial charge in [-0.3, -0.25) is 24.6 Å². The van der Waals surface area contributed by atoms with Crippen LogP contribution < -0.4 is 10.1 Å². The maximum Gasteiger partial charge on any atom is 0.317 e. The summed E-state index contributed by atoms with van der Waals surface area (Å²) >= 11 is 0. The molecular formula is C16H21N3O6. The molecule has 1 aromatic rings. The molecule has 1 aromatic carbocycles. The number of ether oxygens (including phenoxy) is 1. The second-order valence-electron chi connectivity index (χ2n) is 5.89. The molecule has 1 fully saturated rings. The number of benzene rings is 1. The number of amides is 1. The zero-order valence-electron chi connectivity index (χ0n) is 14.1. The highest BCUT2D eigenvalue weighted by atomic mass is 16.6. The molecule has 0 unspecified atom stereocenters. The molecule has 0 atom stereocenters. The summed E-state index contributed by atoms with van der Waals surface area (Å²) < 4.78 is 5.10. The van der Waals surface area contributed by atoms with Crippen LogP contribution in [0.5, 0.6) is 5.75 Å². The monoisotopic (exact) mass is 351 g/mol. The van der Waals surface area contributed by atoms with E-state index in [4.69, 9.17) is 9.84 Å². The molecule has 0 heterocycles. The Labute approximate surface area is 144 Å². The number of likely N-dealkylation sites (N-methyl/N-ethyl adjacent to an activating group) is 1. The summed E-state index contributed by atoms with van der Waals surface area (Å²) in [5.41, 5.74) is -0.0749. The molecule has 2 rings (SSSR count). The van der Waals surface area contributed by atoms with Gasteiger partial charge in [0.15, 0.2) is 0 Å². The lowest BCUT2D eigenvalue weighted by molar-refractivity contribution is -0.384. The Balaban J connectivity index is 1.99. The molecule has 1 aliphatic carbocycles. The first-order chi connectivity index (χ1) is 11.8. The fourth-order valence-electron chi connectivity index (χ4n) is 2.93. The molecule has 0 radical (unpaired) electrons. The summed E-state index contributed by atoms with van der Waals surface area (Å²) in [6, 6.07) is 3.87. The number of aliphatic carboxylic acids is 1. The van der Waals surface area contributed by atoms with Gasteiger partial charge in [0, 0.05) is 24.2 Å². The zero-order valence-corrected chi connectivity index (χ0v) is 14.1. The lowest BCUT2D eigenvalue weighted by atomic mass is 9.85. The highest BCUT2D eigenvalue weighted by Gasteiger charge is 2.35. The van der Waals surface area contributed by atoms with Crippen molar-refractivity contribution in [3.05, 3.63) is 33.9 Å². The van der Waals surface area contributed by atoms with Crippen LogP contribution in [0.1, 0.15) is 30.1 Å². The summed E-state index contributed by atoms with van der Waals surface area (Å²) in [6.45, 7) is 2.49. The van der Waals surface area contributed by atoms with Gasteiger partial charge in [-0.2, -0.15) is 0 Å². The Morgan fingerprint density at radius 2 is 2.12 bits per heavy atom. The second kappa shape index (κ2) is 7.93. The van der Waals surface area contributed by atoms with E-state index in [0.29, 0.717) is 19.4 Å². The smallest absolute Gasteiger partial charge is 0.317 e. The standard InChI is InChI=1S/C16H21N3O6/c1-3-18(9-15(20)21)12-6-10(7-12)17-16(22)13-8-11(19(23)24)4-5-14(13)25-2/h4-5,8,10,12H,3,6-7,9H2,1-2H3,(H,17,22)(H,20,21). The van der Waals surface area contributed by atoms with Crippen LogP contribution >= 0.6 is 0 Å². The van der Waals surface area contributed by atoms with Crippen molar-refractivity contribution in [2.75, 3.05) is 20.2 Å². The van der Waals surface area contributed by atoms with Gasteiger partial charge in [-0.25, -0.2) is 0 Å². The van der Waals surface area contributed by atoms with Crippen LogP contribution in [0.25, 0.3) is 0 Å². The molecule has 9 heteroatoms. The van der Waals surface area contributed by atoms with Gasteiger partial charge in [-0.05, 0) is 25.5 Å². The average Bonchev–Trinajstić information content (AvgIpc) is 2.54. The van der Waals surface area contributed by atoms with Crippen molar-refractivity contribution in [2.24, 2.45) is 0 Å². The number of hydrogen-bond acceptors (Lipinski definition) is 6. The van der Waals surface area contributed by atoms with Crippen molar-refractivity contribution >= 4 is 17.6 Å². The van der Waals surface area contributed by atoms with Crippen LogP contribution in [-0.2, 0) is 4.79 Å². The SMILES string of the molecule is CCN(CC(=O)O)C1CC(NC(=O)c2cc([N+](=O)[O-])ccc2OC)C1. The molecule has 136 valence electrons. The van der Waals surface area contributed by atoms with Gasteiger partial charge in [0.25, 0.3) is 11.6 Å². The topological polar surface area (TPSA) is 122 Å². The van der Waals surface area contributed by atoms with E-state index >= 15 is 0 Å². The molecule has 0 aromatic heterocycles. The number of carboxylic acids is 1. The summed E-state index contributed by atoms with van der Waals surface area (Å²) in [4.78, 5) is 35.4. The lowest BCUT2D eigenvalue weighted by Gasteiger charge is -2.42. The Hall–Kier alpha value is -2.68. The number of non-ortho nitro benzene ring substituents is 1. The maximum atomic E-state index is 12.4. The molecule has 2 N–H and O–H groups in total. The van der Waals surface area contributed by atoms with Crippen molar-refractivity contribution in [2.45, 2.75) is 31.8 Å². The first-order valence-electron chi connectivity index (χ1n) is 7.94. The van der Waals surface area contributed by atoms with E-state index in [1.807, 2.05) is 11.8 Å². The number of rotatable bonds is 8.